The topological polar surface area (TPSA) is 53.4 Å². The average Bonchev–Trinajstić information content (AvgIpc) is 2.98. The first-order chi connectivity index (χ1) is 10.7. The summed E-state index contributed by atoms with van der Waals surface area (Å²) in [4.78, 5) is 15.4. The van der Waals surface area contributed by atoms with E-state index in [1.165, 1.54) is 12.1 Å². The van der Waals surface area contributed by atoms with Gasteiger partial charge in [-0.2, -0.15) is 4.98 Å². The highest BCUT2D eigenvalue weighted by Crippen LogP contribution is 2.33. The molecule has 1 aromatic carbocycles. The van der Waals surface area contributed by atoms with E-state index in [9.17, 15) is 4.39 Å². The number of anilines is 3. The summed E-state index contributed by atoms with van der Waals surface area (Å²) in [5, 5.41) is 3.02. The van der Waals surface area contributed by atoms with Crippen LogP contribution in [0.2, 0.25) is 0 Å². The van der Waals surface area contributed by atoms with Gasteiger partial charge in [-0.1, -0.05) is 6.07 Å². The maximum absolute atomic E-state index is 13.2. The Hall–Kier alpha value is -2.28. The lowest BCUT2D eigenvalue weighted by Crippen LogP contribution is -2.31. The molecule has 0 fully saturated rings. The number of aliphatic imine (C=N–C) groups is 1. The number of rotatable bonds is 2. The van der Waals surface area contributed by atoms with Crippen molar-refractivity contribution in [3.05, 3.63) is 46.3 Å². The third-order valence-corrected chi connectivity index (χ3v) is 4.05. The van der Waals surface area contributed by atoms with Crippen molar-refractivity contribution >= 4 is 45.3 Å². The highest BCUT2D eigenvalue weighted by molar-refractivity contribution is 9.12. The molecule has 22 heavy (non-hydrogen) atoms. The van der Waals surface area contributed by atoms with Crippen LogP contribution in [0.15, 0.2) is 39.9 Å². The van der Waals surface area contributed by atoms with Gasteiger partial charge in [0.05, 0.1) is 11.0 Å². The minimum absolute atomic E-state index is 0.302. The van der Waals surface area contributed by atoms with E-state index in [-0.39, 0.29) is 5.82 Å². The van der Waals surface area contributed by atoms with E-state index in [0.29, 0.717) is 11.6 Å². The Morgan fingerprint density at radius 1 is 1.32 bits per heavy atom. The number of benzene rings is 1. The van der Waals surface area contributed by atoms with Crippen molar-refractivity contribution in [2.45, 2.75) is 0 Å². The number of aromatic nitrogens is 2. The van der Waals surface area contributed by atoms with Crippen molar-refractivity contribution in [1.82, 2.24) is 9.97 Å². The molecular formula is C15H11BrFN5. The lowest BCUT2D eigenvalue weighted by Gasteiger charge is -2.25. The maximum atomic E-state index is 13.2. The second-order valence-corrected chi connectivity index (χ2v) is 5.81. The Labute approximate surface area is 134 Å². The molecule has 1 aromatic heterocycles. The lowest BCUT2D eigenvalue weighted by molar-refractivity contribution is 0.628. The van der Waals surface area contributed by atoms with Crippen LogP contribution in [-0.2, 0) is 0 Å². The summed E-state index contributed by atoms with van der Waals surface area (Å²) in [6.07, 6.45) is 3.71. The molecule has 0 saturated carbocycles. The summed E-state index contributed by atoms with van der Waals surface area (Å²) >= 11 is 3.52. The quantitative estimate of drug-likeness (QED) is 0.893. The molecule has 110 valence electrons. The Morgan fingerprint density at radius 3 is 3.09 bits per heavy atom. The molecular weight excluding hydrogens is 349 g/mol. The molecule has 2 aliphatic heterocycles. The van der Waals surface area contributed by atoms with Crippen LogP contribution in [0.4, 0.5) is 21.8 Å². The van der Waals surface area contributed by atoms with Gasteiger partial charge in [0, 0.05) is 24.0 Å². The molecule has 2 aromatic rings. The summed E-state index contributed by atoms with van der Waals surface area (Å²) in [6, 6.07) is 6.21. The minimum Gasteiger partial charge on any atom is -0.324 e. The molecule has 1 N–H and O–H groups in total. The Kier molecular flexibility index (Phi) is 3.15. The second-order valence-electron chi connectivity index (χ2n) is 4.96. The van der Waals surface area contributed by atoms with Gasteiger partial charge in [0.1, 0.15) is 17.5 Å². The highest BCUT2D eigenvalue weighted by atomic mass is 79.9. The third kappa shape index (κ3) is 2.27. The van der Waals surface area contributed by atoms with E-state index in [1.54, 1.807) is 18.3 Å². The van der Waals surface area contributed by atoms with Crippen LogP contribution in [-0.4, -0.2) is 28.9 Å². The number of halogens is 2. The molecule has 5 nitrogen and oxygen atoms in total. The fraction of sp³-hybridized carbons (Fsp3) is 0.133. The fourth-order valence-corrected chi connectivity index (χ4v) is 3.10. The van der Waals surface area contributed by atoms with Gasteiger partial charge in [-0.15, -0.1) is 0 Å². The van der Waals surface area contributed by atoms with E-state index >= 15 is 0 Å². The van der Waals surface area contributed by atoms with Crippen LogP contribution in [0, 0.1) is 5.82 Å². The van der Waals surface area contributed by atoms with E-state index < -0.39 is 0 Å². The zero-order valence-corrected chi connectivity index (χ0v) is 13.0. The van der Waals surface area contributed by atoms with Crippen LogP contribution < -0.4 is 10.2 Å². The summed E-state index contributed by atoms with van der Waals surface area (Å²) in [5.74, 6) is 1.84. The number of hydrogen-bond donors (Lipinski definition) is 1. The van der Waals surface area contributed by atoms with E-state index in [1.807, 2.05) is 6.08 Å². The molecule has 4 rings (SSSR count). The zero-order chi connectivity index (χ0) is 15.1. The van der Waals surface area contributed by atoms with Crippen LogP contribution in [0.25, 0.3) is 6.08 Å². The number of amidine groups is 1. The molecule has 7 heteroatoms. The number of nitrogens with one attached hydrogen (secondary N) is 1. The third-order valence-electron chi connectivity index (χ3n) is 3.47. The van der Waals surface area contributed by atoms with Crippen molar-refractivity contribution < 1.29 is 4.39 Å². The van der Waals surface area contributed by atoms with Crippen molar-refractivity contribution in [1.29, 1.82) is 0 Å². The first-order valence-electron chi connectivity index (χ1n) is 6.80. The smallest absolute Gasteiger partial charge is 0.229 e. The van der Waals surface area contributed by atoms with Gasteiger partial charge in [0.2, 0.25) is 5.95 Å². The predicted molar refractivity (Wildman–Crippen MR) is 88.3 cm³/mol. The maximum Gasteiger partial charge on any atom is 0.229 e. The zero-order valence-electron chi connectivity index (χ0n) is 11.4. The molecule has 2 aliphatic rings. The lowest BCUT2D eigenvalue weighted by atomic mass is 10.2. The molecule has 3 heterocycles. The average molecular weight is 360 g/mol. The van der Waals surface area contributed by atoms with Crippen LogP contribution in [0.1, 0.15) is 5.56 Å². The predicted octanol–water partition coefficient (Wildman–Crippen LogP) is 3.33. The molecule has 0 aliphatic carbocycles. The summed E-state index contributed by atoms with van der Waals surface area (Å²) in [5.41, 5.74) is 1.54. The van der Waals surface area contributed by atoms with Gasteiger partial charge in [0.15, 0.2) is 0 Å². The van der Waals surface area contributed by atoms with Gasteiger partial charge < -0.3 is 10.2 Å². The molecule has 0 spiro atoms. The van der Waals surface area contributed by atoms with Crippen LogP contribution >= 0.6 is 15.9 Å². The van der Waals surface area contributed by atoms with Gasteiger partial charge in [-0.3, -0.25) is 4.99 Å². The summed E-state index contributed by atoms with van der Waals surface area (Å²) in [7, 11) is 0. The Balaban J connectivity index is 1.70. The van der Waals surface area contributed by atoms with Crippen molar-refractivity contribution in [3.63, 3.8) is 0 Å². The van der Waals surface area contributed by atoms with Crippen LogP contribution in [0.5, 0.6) is 0 Å². The van der Waals surface area contributed by atoms with E-state index in [0.717, 1.165) is 34.8 Å². The molecule has 0 amide bonds. The first kappa shape index (κ1) is 13.4. The molecule has 0 bridgehead atoms. The molecule has 0 saturated heterocycles. The Bertz CT molecular complexity index is 817. The largest absolute Gasteiger partial charge is 0.324 e. The van der Waals surface area contributed by atoms with E-state index in [4.69, 9.17) is 0 Å². The first-order valence-corrected chi connectivity index (χ1v) is 7.59. The molecule has 0 atom stereocenters. The van der Waals surface area contributed by atoms with Crippen molar-refractivity contribution in [3.8, 4) is 0 Å². The van der Waals surface area contributed by atoms with Crippen LogP contribution in [0.3, 0.4) is 0 Å². The van der Waals surface area contributed by atoms with Crippen molar-refractivity contribution in [2.24, 2.45) is 4.99 Å². The number of nitrogens with zero attached hydrogens (tertiary/aromatic N) is 4. The highest BCUT2D eigenvalue weighted by Gasteiger charge is 2.28. The summed E-state index contributed by atoms with van der Waals surface area (Å²) in [6.45, 7) is 1.54. The SMILES string of the molecule is Fc1cccc(Nc2ncc3c(n2)N2CCN=C2C(Br)=C3)c1. The number of fused-ring (bicyclic) bond motifs is 3. The van der Waals surface area contributed by atoms with Gasteiger partial charge >= 0.3 is 0 Å². The van der Waals surface area contributed by atoms with Gasteiger partial charge in [-0.05, 0) is 40.2 Å². The standard InChI is InChI=1S/C15H11BrFN5/c16-12-6-9-8-19-15(20-11-3-1-2-10(17)7-11)21-13(9)22-5-4-18-14(12)22/h1-3,6-8H,4-5H2,(H,19,20,21). The fourth-order valence-electron chi connectivity index (χ4n) is 2.51. The second kappa shape index (κ2) is 5.17. The molecule has 0 unspecified atom stereocenters. The van der Waals surface area contributed by atoms with Crippen molar-refractivity contribution in [2.75, 3.05) is 23.3 Å². The van der Waals surface area contributed by atoms with Gasteiger partial charge in [0.25, 0.3) is 0 Å². The van der Waals surface area contributed by atoms with Gasteiger partial charge in [-0.25, -0.2) is 9.37 Å². The molecule has 0 radical (unpaired) electrons. The number of hydrogen-bond acceptors (Lipinski definition) is 5. The summed E-state index contributed by atoms with van der Waals surface area (Å²) < 4.78 is 14.2. The Morgan fingerprint density at radius 2 is 2.23 bits per heavy atom. The normalized spacial score (nSPS) is 15.8. The minimum atomic E-state index is -0.302. The monoisotopic (exact) mass is 359 g/mol. The van der Waals surface area contributed by atoms with E-state index in [2.05, 4.69) is 41.1 Å².